The molecule has 3 rings (SSSR count). The fraction of sp³-hybridized carbons (Fsp3) is 0.238. The second-order valence-corrected chi connectivity index (χ2v) is 6.31. The van der Waals surface area contributed by atoms with Gasteiger partial charge in [0.15, 0.2) is 17.2 Å². The average Bonchev–Trinajstić information content (AvgIpc) is 2.99. The quantitative estimate of drug-likeness (QED) is 0.530. The summed E-state index contributed by atoms with van der Waals surface area (Å²) >= 11 is 6.32. The van der Waals surface area contributed by atoms with Gasteiger partial charge in [0.25, 0.3) is 0 Å². The lowest BCUT2D eigenvalue weighted by Crippen LogP contribution is -2.05. The van der Waals surface area contributed by atoms with Crippen molar-refractivity contribution >= 4 is 29.5 Å². The third kappa shape index (κ3) is 4.31. The van der Waals surface area contributed by atoms with Crippen molar-refractivity contribution in [1.82, 2.24) is 0 Å². The smallest absolute Gasteiger partial charge is 0.363 e. The zero-order valence-electron chi connectivity index (χ0n) is 15.4. The summed E-state index contributed by atoms with van der Waals surface area (Å²) in [5.41, 5.74) is 2.74. The van der Waals surface area contributed by atoms with Gasteiger partial charge in [0.05, 0.1) is 18.2 Å². The first-order valence-electron chi connectivity index (χ1n) is 8.70. The SMILES string of the molecule is CCOc1cc(/C=C2/N=C(c3ccc(C)cc3)OC2=O)cc(Cl)c1OCC. The van der Waals surface area contributed by atoms with Crippen molar-refractivity contribution in [3.05, 3.63) is 63.8 Å². The van der Waals surface area contributed by atoms with Crippen LogP contribution in [0.4, 0.5) is 0 Å². The number of aryl methyl sites for hydroxylation is 1. The highest BCUT2D eigenvalue weighted by Crippen LogP contribution is 2.37. The summed E-state index contributed by atoms with van der Waals surface area (Å²) in [7, 11) is 0. The minimum absolute atomic E-state index is 0.202. The van der Waals surface area contributed by atoms with Crippen molar-refractivity contribution in [3.8, 4) is 11.5 Å². The molecular weight excluding hydrogens is 366 g/mol. The van der Waals surface area contributed by atoms with Gasteiger partial charge >= 0.3 is 5.97 Å². The van der Waals surface area contributed by atoms with Crippen molar-refractivity contribution in [2.24, 2.45) is 4.99 Å². The Morgan fingerprint density at radius 1 is 1.11 bits per heavy atom. The predicted molar refractivity (Wildman–Crippen MR) is 106 cm³/mol. The summed E-state index contributed by atoms with van der Waals surface area (Å²) in [5.74, 6) is 0.788. The molecule has 0 amide bonds. The molecule has 6 heteroatoms. The van der Waals surface area contributed by atoms with Gasteiger partial charge in [-0.25, -0.2) is 9.79 Å². The molecule has 2 aromatic carbocycles. The molecule has 1 aliphatic heterocycles. The summed E-state index contributed by atoms with van der Waals surface area (Å²) in [5, 5.41) is 0.406. The second kappa shape index (κ2) is 8.27. The van der Waals surface area contributed by atoms with Crippen molar-refractivity contribution in [2.75, 3.05) is 13.2 Å². The summed E-state index contributed by atoms with van der Waals surface area (Å²) in [6, 6.07) is 11.1. The van der Waals surface area contributed by atoms with E-state index in [0.29, 0.717) is 35.3 Å². The van der Waals surface area contributed by atoms with Crippen LogP contribution >= 0.6 is 11.6 Å². The van der Waals surface area contributed by atoms with Crippen LogP contribution in [0.3, 0.4) is 0 Å². The van der Waals surface area contributed by atoms with Gasteiger partial charge < -0.3 is 14.2 Å². The van der Waals surface area contributed by atoms with Crippen LogP contribution in [-0.4, -0.2) is 25.1 Å². The number of carbonyl (C=O) groups excluding carboxylic acids is 1. The van der Waals surface area contributed by atoms with Gasteiger partial charge in [-0.05, 0) is 56.7 Å². The van der Waals surface area contributed by atoms with E-state index in [1.165, 1.54) is 0 Å². The molecular formula is C21H20ClNO4. The molecule has 0 saturated heterocycles. The van der Waals surface area contributed by atoms with E-state index in [1.807, 2.05) is 45.0 Å². The number of ether oxygens (including phenoxy) is 3. The molecule has 0 bridgehead atoms. The summed E-state index contributed by atoms with van der Waals surface area (Å²) < 4.78 is 16.5. The van der Waals surface area contributed by atoms with Gasteiger partial charge in [-0.3, -0.25) is 0 Å². The molecule has 1 heterocycles. The molecule has 0 fully saturated rings. The Bertz CT molecular complexity index is 917. The number of halogens is 1. The van der Waals surface area contributed by atoms with Crippen LogP contribution in [0.2, 0.25) is 5.02 Å². The van der Waals surface area contributed by atoms with Crippen LogP contribution in [0.5, 0.6) is 11.5 Å². The largest absolute Gasteiger partial charge is 0.490 e. The molecule has 27 heavy (non-hydrogen) atoms. The van der Waals surface area contributed by atoms with Crippen molar-refractivity contribution in [2.45, 2.75) is 20.8 Å². The van der Waals surface area contributed by atoms with Crippen LogP contribution in [-0.2, 0) is 9.53 Å². The lowest BCUT2D eigenvalue weighted by molar-refractivity contribution is -0.129. The molecule has 2 aromatic rings. The van der Waals surface area contributed by atoms with Crippen LogP contribution in [0.15, 0.2) is 47.1 Å². The van der Waals surface area contributed by atoms with Crippen molar-refractivity contribution in [1.29, 1.82) is 0 Å². The fourth-order valence-electron chi connectivity index (χ4n) is 2.61. The standard InChI is InChI=1S/C21H20ClNO4/c1-4-25-18-12-14(10-16(22)19(18)26-5-2)11-17-21(24)27-20(23-17)15-8-6-13(3)7-9-15/h6-12H,4-5H2,1-3H3/b17-11+. The number of hydrogen-bond donors (Lipinski definition) is 0. The van der Waals surface area contributed by atoms with Gasteiger partial charge in [-0.15, -0.1) is 0 Å². The number of hydrogen-bond acceptors (Lipinski definition) is 5. The third-order valence-electron chi connectivity index (χ3n) is 3.84. The molecule has 140 valence electrons. The van der Waals surface area contributed by atoms with E-state index < -0.39 is 5.97 Å². The number of nitrogens with zero attached hydrogens (tertiary/aromatic N) is 1. The Labute approximate surface area is 163 Å². The predicted octanol–water partition coefficient (Wildman–Crippen LogP) is 4.79. The highest BCUT2D eigenvalue weighted by atomic mass is 35.5. The Morgan fingerprint density at radius 3 is 2.48 bits per heavy atom. The van der Waals surface area contributed by atoms with Gasteiger partial charge in [0.2, 0.25) is 5.90 Å². The van der Waals surface area contributed by atoms with E-state index in [0.717, 1.165) is 11.1 Å². The number of aliphatic imine (C=N–C) groups is 1. The number of esters is 1. The van der Waals surface area contributed by atoms with Crippen LogP contribution in [0.25, 0.3) is 6.08 Å². The van der Waals surface area contributed by atoms with Gasteiger partial charge in [-0.2, -0.15) is 0 Å². The Kier molecular flexibility index (Phi) is 5.81. The van der Waals surface area contributed by atoms with Crippen molar-refractivity contribution in [3.63, 3.8) is 0 Å². The molecule has 0 saturated carbocycles. The number of carbonyl (C=O) groups is 1. The zero-order valence-corrected chi connectivity index (χ0v) is 16.2. The maximum absolute atomic E-state index is 12.2. The summed E-state index contributed by atoms with van der Waals surface area (Å²) in [4.78, 5) is 16.5. The lowest BCUT2D eigenvalue weighted by atomic mass is 10.1. The Morgan fingerprint density at radius 2 is 1.81 bits per heavy atom. The van der Waals surface area contributed by atoms with E-state index in [1.54, 1.807) is 18.2 Å². The summed E-state index contributed by atoms with van der Waals surface area (Å²) in [6.45, 7) is 6.67. The summed E-state index contributed by atoms with van der Waals surface area (Å²) in [6.07, 6.45) is 1.62. The van der Waals surface area contributed by atoms with E-state index in [2.05, 4.69) is 4.99 Å². The first kappa shape index (κ1) is 19.0. The molecule has 1 aliphatic rings. The maximum atomic E-state index is 12.2. The highest BCUT2D eigenvalue weighted by Gasteiger charge is 2.24. The second-order valence-electron chi connectivity index (χ2n) is 5.90. The minimum atomic E-state index is -0.506. The molecule has 0 aromatic heterocycles. The molecule has 0 spiro atoms. The van der Waals surface area contributed by atoms with Gasteiger partial charge in [-0.1, -0.05) is 29.3 Å². The average molecular weight is 386 g/mol. The fourth-order valence-corrected chi connectivity index (χ4v) is 2.88. The van der Waals surface area contributed by atoms with E-state index in [-0.39, 0.29) is 11.6 Å². The van der Waals surface area contributed by atoms with E-state index >= 15 is 0 Å². The number of rotatable bonds is 6. The van der Waals surface area contributed by atoms with Crippen molar-refractivity contribution < 1.29 is 19.0 Å². The molecule has 0 aliphatic carbocycles. The molecule has 5 nitrogen and oxygen atoms in total. The third-order valence-corrected chi connectivity index (χ3v) is 4.12. The molecule has 0 unspecified atom stereocenters. The van der Waals surface area contributed by atoms with E-state index in [9.17, 15) is 4.79 Å². The van der Waals surface area contributed by atoms with Gasteiger partial charge in [0.1, 0.15) is 0 Å². The highest BCUT2D eigenvalue weighted by molar-refractivity contribution is 6.32. The van der Waals surface area contributed by atoms with Crippen LogP contribution in [0, 0.1) is 6.92 Å². The lowest BCUT2D eigenvalue weighted by Gasteiger charge is -2.13. The van der Waals surface area contributed by atoms with Crippen LogP contribution in [0.1, 0.15) is 30.5 Å². The minimum Gasteiger partial charge on any atom is -0.490 e. The van der Waals surface area contributed by atoms with Crippen LogP contribution < -0.4 is 9.47 Å². The molecule has 0 N–H and O–H groups in total. The first-order chi connectivity index (χ1) is 13.0. The molecule has 0 atom stereocenters. The normalized spacial score (nSPS) is 14.9. The maximum Gasteiger partial charge on any atom is 0.363 e. The number of cyclic esters (lactones) is 1. The number of benzene rings is 2. The van der Waals surface area contributed by atoms with E-state index in [4.69, 9.17) is 25.8 Å². The molecule has 0 radical (unpaired) electrons. The van der Waals surface area contributed by atoms with Gasteiger partial charge in [0, 0.05) is 5.56 Å². The first-order valence-corrected chi connectivity index (χ1v) is 9.08. The Balaban J connectivity index is 1.95. The zero-order chi connectivity index (χ0) is 19.4. The topological polar surface area (TPSA) is 57.1 Å². The monoisotopic (exact) mass is 385 g/mol. The Hall–Kier alpha value is -2.79.